The van der Waals surface area contributed by atoms with Crippen molar-refractivity contribution in [2.75, 3.05) is 103 Å². The molecule has 2 aromatic carbocycles. The minimum Gasteiger partial charge on any atom is -0.374 e. The van der Waals surface area contributed by atoms with Gasteiger partial charge >= 0.3 is 0 Å². The van der Waals surface area contributed by atoms with Crippen LogP contribution in [-0.2, 0) is 0 Å². The lowest BCUT2D eigenvalue weighted by molar-refractivity contribution is -0.890. The summed E-state index contributed by atoms with van der Waals surface area (Å²) in [6.07, 6.45) is 6.59. The summed E-state index contributed by atoms with van der Waals surface area (Å²) in [4.78, 5) is 26.2. The summed E-state index contributed by atoms with van der Waals surface area (Å²) < 4.78 is 2.13. The number of benzene rings is 2. The summed E-state index contributed by atoms with van der Waals surface area (Å²) >= 11 is 0. The highest BCUT2D eigenvalue weighted by atomic mass is 33.1. The van der Waals surface area contributed by atoms with Crippen LogP contribution in [0.1, 0.15) is 46.4 Å². The van der Waals surface area contributed by atoms with Gasteiger partial charge < -0.3 is 18.8 Å². The molecule has 40 heavy (non-hydrogen) atoms. The molecular formula is C32H52N4O2S2+2. The average molecular weight is 589 g/mol. The van der Waals surface area contributed by atoms with E-state index in [1.165, 1.54) is 50.5 Å². The predicted molar refractivity (Wildman–Crippen MR) is 177 cm³/mol. The molecule has 222 valence electrons. The fourth-order valence-electron chi connectivity index (χ4n) is 4.79. The Kier molecular flexibility index (Phi) is 15.2. The van der Waals surface area contributed by atoms with E-state index in [4.69, 9.17) is 0 Å². The van der Waals surface area contributed by atoms with Crippen LogP contribution in [0, 0.1) is 0 Å². The Morgan fingerprint density at radius 2 is 0.900 bits per heavy atom. The lowest BCUT2D eigenvalue weighted by Crippen LogP contribution is -2.42. The first-order valence-electron chi connectivity index (χ1n) is 14.5. The second-order valence-corrected chi connectivity index (χ2v) is 14.8. The van der Waals surface area contributed by atoms with Crippen molar-refractivity contribution in [2.24, 2.45) is 0 Å². The molecule has 0 saturated heterocycles. The van der Waals surface area contributed by atoms with E-state index in [-0.39, 0.29) is 0 Å². The number of quaternary nitrogens is 2. The third-order valence-electron chi connectivity index (χ3n) is 7.52. The van der Waals surface area contributed by atoms with Gasteiger partial charge in [-0.1, -0.05) is 21.6 Å². The Balaban J connectivity index is 1.49. The topological polar surface area (TPSA) is 40.6 Å². The standard InChI is InChI=1S/C32H52N4O2S2/c1-33(31-15-11-29(27-37)12-16-31)19-7-21-35(3,4)23-9-25-39-40-26-10-24-36(5,6)22-8-20-34(2)32-17-13-30(28-38)14-18-32/h11-18,27-28H,7-10,19-26H2,1-6H3/q+2. The Morgan fingerprint density at radius 3 is 1.23 bits per heavy atom. The van der Waals surface area contributed by atoms with Gasteiger partial charge in [-0.2, -0.15) is 0 Å². The maximum atomic E-state index is 10.8. The Labute approximate surface area is 251 Å². The summed E-state index contributed by atoms with van der Waals surface area (Å²) in [7, 11) is 17.7. The molecule has 6 nitrogen and oxygen atoms in total. The third-order valence-corrected chi connectivity index (χ3v) is 10.1. The maximum Gasteiger partial charge on any atom is 0.150 e. The first-order chi connectivity index (χ1) is 19.0. The highest BCUT2D eigenvalue weighted by molar-refractivity contribution is 8.76. The Bertz CT molecular complexity index is 915. The van der Waals surface area contributed by atoms with E-state index in [1.807, 2.05) is 70.1 Å². The molecule has 0 bridgehead atoms. The number of nitrogens with zero attached hydrogens (tertiary/aromatic N) is 4. The molecule has 0 radical (unpaired) electrons. The molecule has 0 fully saturated rings. The number of aldehydes is 2. The van der Waals surface area contributed by atoms with Crippen LogP contribution in [-0.4, -0.2) is 115 Å². The van der Waals surface area contributed by atoms with Crippen molar-refractivity contribution in [3.05, 3.63) is 59.7 Å². The zero-order valence-electron chi connectivity index (χ0n) is 25.7. The van der Waals surface area contributed by atoms with Crippen molar-refractivity contribution in [2.45, 2.75) is 25.7 Å². The third kappa shape index (κ3) is 13.6. The quantitative estimate of drug-likeness (QED) is 0.0774. The summed E-state index contributed by atoms with van der Waals surface area (Å²) in [5, 5.41) is 0. The molecule has 0 heterocycles. The molecule has 0 aliphatic heterocycles. The zero-order valence-corrected chi connectivity index (χ0v) is 27.3. The van der Waals surface area contributed by atoms with E-state index < -0.39 is 0 Å². The average Bonchev–Trinajstić information content (AvgIpc) is 2.94. The zero-order chi connectivity index (χ0) is 29.4. The largest absolute Gasteiger partial charge is 0.374 e. The van der Waals surface area contributed by atoms with Gasteiger partial charge in [0.05, 0.1) is 54.4 Å². The molecule has 0 N–H and O–H groups in total. The van der Waals surface area contributed by atoms with Crippen molar-refractivity contribution in [3.8, 4) is 0 Å². The molecule has 2 rings (SSSR count). The molecule has 8 heteroatoms. The fraction of sp³-hybridized carbons (Fsp3) is 0.562. The van der Waals surface area contributed by atoms with Crippen LogP contribution in [0.4, 0.5) is 11.4 Å². The highest BCUT2D eigenvalue weighted by Gasteiger charge is 2.16. The molecule has 0 aliphatic carbocycles. The molecule has 0 unspecified atom stereocenters. The van der Waals surface area contributed by atoms with Crippen molar-refractivity contribution in [1.82, 2.24) is 0 Å². The van der Waals surface area contributed by atoms with Crippen molar-refractivity contribution in [1.29, 1.82) is 0 Å². The van der Waals surface area contributed by atoms with Gasteiger partial charge in [0, 0.05) is 86.9 Å². The SMILES string of the molecule is CN(CCC[N+](C)(C)CCCSSCCC[N+](C)(C)CCCN(C)c1ccc(C=O)cc1)c1ccc(C=O)cc1. The minimum atomic E-state index is 0.727. The Morgan fingerprint density at radius 1 is 0.575 bits per heavy atom. The van der Waals surface area contributed by atoms with E-state index in [1.54, 1.807) is 0 Å². The molecule has 0 amide bonds. The van der Waals surface area contributed by atoms with Gasteiger partial charge in [0.2, 0.25) is 0 Å². The first kappa shape index (κ1) is 34.2. The first-order valence-corrected chi connectivity index (χ1v) is 17.0. The van der Waals surface area contributed by atoms with Crippen molar-refractivity contribution < 1.29 is 18.6 Å². The maximum absolute atomic E-state index is 10.8. The van der Waals surface area contributed by atoms with Crippen LogP contribution in [0.2, 0.25) is 0 Å². The van der Waals surface area contributed by atoms with E-state index >= 15 is 0 Å². The molecule has 0 atom stereocenters. The molecule has 0 aliphatic rings. The van der Waals surface area contributed by atoms with Crippen LogP contribution in [0.3, 0.4) is 0 Å². The van der Waals surface area contributed by atoms with Gasteiger partial charge in [0.15, 0.2) is 0 Å². The van der Waals surface area contributed by atoms with Gasteiger partial charge in [-0.15, -0.1) is 0 Å². The molecular weight excluding hydrogens is 537 g/mol. The fourth-order valence-corrected chi connectivity index (χ4v) is 6.93. The number of hydrogen-bond donors (Lipinski definition) is 0. The summed E-state index contributed by atoms with van der Waals surface area (Å²) in [6.45, 7) is 6.81. The predicted octanol–water partition coefficient (Wildman–Crippen LogP) is 5.98. The van der Waals surface area contributed by atoms with Crippen molar-refractivity contribution in [3.63, 3.8) is 0 Å². The number of hydrogen-bond acceptors (Lipinski definition) is 6. The van der Waals surface area contributed by atoms with Crippen LogP contribution < -0.4 is 9.80 Å². The van der Waals surface area contributed by atoms with Gasteiger partial charge in [-0.25, -0.2) is 0 Å². The Hall–Kier alpha value is -2.00. The second kappa shape index (κ2) is 17.7. The number of rotatable bonds is 21. The van der Waals surface area contributed by atoms with Gasteiger partial charge in [0.1, 0.15) is 12.6 Å². The minimum absolute atomic E-state index is 0.727. The molecule has 2 aromatic rings. The van der Waals surface area contributed by atoms with E-state index in [0.29, 0.717) is 0 Å². The second-order valence-electron chi connectivity index (χ2n) is 12.1. The van der Waals surface area contributed by atoms with Gasteiger partial charge in [0.25, 0.3) is 0 Å². The van der Waals surface area contributed by atoms with Crippen LogP contribution in [0.15, 0.2) is 48.5 Å². The van der Waals surface area contributed by atoms with Crippen LogP contribution in [0.25, 0.3) is 0 Å². The summed E-state index contributed by atoms with van der Waals surface area (Å²) in [5.41, 5.74) is 3.78. The number of anilines is 2. The summed E-state index contributed by atoms with van der Waals surface area (Å²) in [5.74, 6) is 2.43. The van der Waals surface area contributed by atoms with Crippen LogP contribution >= 0.6 is 21.6 Å². The van der Waals surface area contributed by atoms with Crippen molar-refractivity contribution >= 4 is 45.5 Å². The lowest BCUT2D eigenvalue weighted by atomic mass is 10.2. The van der Waals surface area contributed by atoms with E-state index in [0.717, 1.165) is 70.0 Å². The van der Waals surface area contributed by atoms with Crippen LogP contribution in [0.5, 0.6) is 0 Å². The molecule has 0 saturated carbocycles. The molecule has 0 spiro atoms. The van der Waals surface area contributed by atoms with E-state index in [9.17, 15) is 9.59 Å². The number of carbonyl (C=O) groups excluding carboxylic acids is 2. The summed E-state index contributed by atoms with van der Waals surface area (Å²) in [6, 6.07) is 15.6. The highest BCUT2D eigenvalue weighted by Crippen LogP contribution is 2.24. The van der Waals surface area contributed by atoms with E-state index in [2.05, 4.69) is 52.1 Å². The normalized spacial score (nSPS) is 11.8. The smallest absolute Gasteiger partial charge is 0.150 e. The lowest BCUT2D eigenvalue weighted by Gasteiger charge is -2.31. The molecule has 0 aromatic heterocycles. The number of carbonyl (C=O) groups is 2. The van der Waals surface area contributed by atoms with Gasteiger partial charge in [-0.05, 0) is 48.5 Å². The van der Waals surface area contributed by atoms with Gasteiger partial charge in [-0.3, -0.25) is 9.59 Å². The monoisotopic (exact) mass is 588 g/mol.